The highest BCUT2D eigenvalue weighted by atomic mass is 16.3. The fourth-order valence-electron chi connectivity index (χ4n) is 1.69. The van der Waals surface area contributed by atoms with Gasteiger partial charge in [0.15, 0.2) is 0 Å². The van der Waals surface area contributed by atoms with Crippen molar-refractivity contribution in [2.24, 2.45) is 0 Å². The number of nitrogens with zero attached hydrogens (tertiary/aromatic N) is 1. The van der Waals surface area contributed by atoms with Crippen LogP contribution in [0.15, 0.2) is 58.8 Å². The van der Waals surface area contributed by atoms with Crippen LogP contribution in [0, 0.1) is 0 Å². The Hall–Kier alpha value is -2.82. The minimum atomic E-state index is -0.344. The van der Waals surface area contributed by atoms with Crippen molar-refractivity contribution in [3.05, 3.63) is 65.7 Å². The minimum absolute atomic E-state index is 0.156. The molecule has 0 atom stereocenters. The molecule has 1 N–H and O–H groups in total. The van der Waals surface area contributed by atoms with E-state index in [4.69, 9.17) is 4.42 Å². The van der Waals surface area contributed by atoms with Crippen LogP contribution in [0.4, 0.5) is 0 Å². The monoisotopic (exact) mass is 284 g/mol. The molecular formula is C16H16N2O3. The fourth-order valence-corrected chi connectivity index (χ4v) is 1.69. The number of nitrogens with one attached hydrogen (secondary N) is 1. The molecule has 0 unspecified atom stereocenters. The van der Waals surface area contributed by atoms with E-state index >= 15 is 0 Å². The lowest BCUT2D eigenvalue weighted by atomic mass is 10.2. The first-order valence-electron chi connectivity index (χ1n) is 6.41. The van der Waals surface area contributed by atoms with E-state index < -0.39 is 0 Å². The second kappa shape index (κ2) is 6.56. The van der Waals surface area contributed by atoms with Gasteiger partial charge in [-0.1, -0.05) is 18.2 Å². The number of likely N-dealkylation sites (N-methyl/N-ethyl adjacent to an activating group) is 1. The summed E-state index contributed by atoms with van der Waals surface area (Å²) in [5.41, 5.74) is 0.637. The van der Waals surface area contributed by atoms with E-state index in [0.29, 0.717) is 11.3 Å². The van der Waals surface area contributed by atoms with Crippen LogP contribution in [0.1, 0.15) is 16.1 Å². The molecule has 0 aliphatic carbocycles. The molecule has 1 aromatic heterocycles. The number of hydrogen-bond acceptors (Lipinski definition) is 3. The van der Waals surface area contributed by atoms with Crippen molar-refractivity contribution in [3.8, 4) is 0 Å². The van der Waals surface area contributed by atoms with Gasteiger partial charge in [0.25, 0.3) is 11.8 Å². The van der Waals surface area contributed by atoms with Crippen molar-refractivity contribution in [2.75, 3.05) is 14.1 Å². The van der Waals surface area contributed by atoms with Gasteiger partial charge in [-0.25, -0.2) is 0 Å². The molecule has 1 aromatic carbocycles. The maximum atomic E-state index is 12.2. The average Bonchev–Trinajstić information content (AvgIpc) is 2.99. The Morgan fingerprint density at radius 3 is 2.38 bits per heavy atom. The lowest BCUT2D eigenvalue weighted by molar-refractivity contribution is -0.124. The Balaban J connectivity index is 2.25. The van der Waals surface area contributed by atoms with Crippen molar-refractivity contribution >= 4 is 17.9 Å². The van der Waals surface area contributed by atoms with Crippen LogP contribution in [-0.2, 0) is 4.79 Å². The summed E-state index contributed by atoms with van der Waals surface area (Å²) in [5.74, 6) is -0.159. The molecule has 0 saturated carbocycles. The zero-order valence-electron chi connectivity index (χ0n) is 11.9. The number of amides is 2. The van der Waals surface area contributed by atoms with Gasteiger partial charge in [0.1, 0.15) is 11.5 Å². The number of hydrogen-bond donors (Lipinski definition) is 1. The van der Waals surface area contributed by atoms with E-state index in [1.807, 2.05) is 6.07 Å². The van der Waals surface area contributed by atoms with Gasteiger partial charge in [-0.3, -0.25) is 9.59 Å². The van der Waals surface area contributed by atoms with Crippen molar-refractivity contribution < 1.29 is 14.0 Å². The van der Waals surface area contributed by atoms with Crippen LogP contribution in [0.2, 0.25) is 0 Å². The molecule has 2 amide bonds. The largest absolute Gasteiger partial charge is 0.465 e. The van der Waals surface area contributed by atoms with Gasteiger partial charge in [-0.05, 0) is 24.3 Å². The molecule has 5 heteroatoms. The summed E-state index contributed by atoms with van der Waals surface area (Å²) >= 11 is 0. The topological polar surface area (TPSA) is 62.6 Å². The third-order valence-electron chi connectivity index (χ3n) is 2.75. The second-order valence-corrected chi connectivity index (χ2v) is 4.59. The normalized spacial score (nSPS) is 11.0. The molecule has 0 saturated heterocycles. The molecule has 0 spiro atoms. The van der Waals surface area contributed by atoms with E-state index in [1.165, 1.54) is 17.2 Å². The molecule has 21 heavy (non-hydrogen) atoms. The SMILES string of the molecule is CN(C)C(=O)C(=Cc1ccco1)NC(=O)c1ccccc1. The van der Waals surface area contributed by atoms with Crippen molar-refractivity contribution in [1.29, 1.82) is 0 Å². The number of carbonyl (C=O) groups excluding carboxylic acids is 2. The van der Waals surface area contributed by atoms with Gasteiger partial charge in [-0.15, -0.1) is 0 Å². The maximum Gasteiger partial charge on any atom is 0.269 e. The molecule has 0 aliphatic rings. The van der Waals surface area contributed by atoms with Crippen LogP contribution < -0.4 is 5.32 Å². The van der Waals surface area contributed by atoms with Crippen molar-refractivity contribution in [2.45, 2.75) is 0 Å². The average molecular weight is 284 g/mol. The number of carbonyl (C=O) groups is 2. The molecule has 1 heterocycles. The van der Waals surface area contributed by atoms with Crippen LogP contribution in [0.25, 0.3) is 6.08 Å². The molecule has 0 aliphatic heterocycles. The van der Waals surface area contributed by atoms with Crippen molar-refractivity contribution in [3.63, 3.8) is 0 Å². The molecule has 108 valence electrons. The first-order chi connectivity index (χ1) is 10.1. The summed E-state index contributed by atoms with van der Waals surface area (Å²) in [6, 6.07) is 12.1. The van der Waals surface area contributed by atoms with Crippen LogP contribution in [0.3, 0.4) is 0 Å². The highest BCUT2D eigenvalue weighted by Crippen LogP contribution is 2.09. The van der Waals surface area contributed by atoms with E-state index in [9.17, 15) is 9.59 Å². The summed E-state index contributed by atoms with van der Waals surface area (Å²) in [6.45, 7) is 0. The zero-order valence-corrected chi connectivity index (χ0v) is 11.9. The van der Waals surface area contributed by atoms with Gasteiger partial charge in [-0.2, -0.15) is 0 Å². The summed E-state index contributed by atoms with van der Waals surface area (Å²) in [7, 11) is 3.24. The van der Waals surface area contributed by atoms with Crippen molar-refractivity contribution in [1.82, 2.24) is 10.2 Å². The highest BCUT2D eigenvalue weighted by molar-refractivity contribution is 6.04. The summed E-state index contributed by atoms with van der Waals surface area (Å²) in [6.07, 6.45) is 3.01. The Kier molecular flexibility index (Phi) is 4.56. The highest BCUT2D eigenvalue weighted by Gasteiger charge is 2.16. The lowest BCUT2D eigenvalue weighted by Crippen LogP contribution is -2.34. The molecule has 0 bridgehead atoms. The molecular weight excluding hydrogens is 268 g/mol. The number of benzene rings is 1. The Morgan fingerprint density at radius 2 is 1.81 bits per heavy atom. The number of rotatable bonds is 4. The smallest absolute Gasteiger partial charge is 0.269 e. The summed E-state index contributed by atoms with van der Waals surface area (Å²) in [5, 5.41) is 2.62. The zero-order chi connectivity index (χ0) is 15.2. The predicted octanol–water partition coefficient (Wildman–Crippen LogP) is 2.14. The fraction of sp³-hybridized carbons (Fsp3) is 0.125. The Bertz CT molecular complexity index is 643. The minimum Gasteiger partial charge on any atom is -0.465 e. The third-order valence-corrected chi connectivity index (χ3v) is 2.75. The lowest BCUT2D eigenvalue weighted by Gasteiger charge is -2.14. The van der Waals surface area contributed by atoms with Gasteiger partial charge < -0.3 is 14.6 Å². The van der Waals surface area contributed by atoms with Gasteiger partial charge >= 0.3 is 0 Å². The maximum absolute atomic E-state index is 12.2. The second-order valence-electron chi connectivity index (χ2n) is 4.59. The third kappa shape index (κ3) is 3.82. The van der Waals surface area contributed by atoms with Crippen LogP contribution in [0.5, 0.6) is 0 Å². The standard InChI is InChI=1S/C16H16N2O3/c1-18(2)16(20)14(11-13-9-6-10-21-13)17-15(19)12-7-4-3-5-8-12/h3-11H,1-2H3,(H,17,19). The van der Waals surface area contributed by atoms with E-state index in [1.54, 1.807) is 50.5 Å². The van der Waals surface area contributed by atoms with E-state index in [-0.39, 0.29) is 17.5 Å². The first-order valence-corrected chi connectivity index (χ1v) is 6.41. The van der Waals surface area contributed by atoms with E-state index in [2.05, 4.69) is 5.32 Å². The van der Waals surface area contributed by atoms with Gasteiger partial charge in [0.2, 0.25) is 0 Å². The molecule has 2 aromatic rings. The first kappa shape index (κ1) is 14.6. The molecule has 0 radical (unpaired) electrons. The quantitative estimate of drug-likeness (QED) is 0.875. The Labute approximate surface area is 122 Å². The summed E-state index contributed by atoms with van der Waals surface area (Å²) < 4.78 is 5.18. The summed E-state index contributed by atoms with van der Waals surface area (Å²) in [4.78, 5) is 25.7. The van der Waals surface area contributed by atoms with Crippen LogP contribution in [-0.4, -0.2) is 30.8 Å². The van der Waals surface area contributed by atoms with Gasteiger partial charge in [0, 0.05) is 25.7 Å². The number of furan rings is 1. The Morgan fingerprint density at radius 1 is 1.10 bits per heavy atom. The van der Waals surface area contributed by atoms with Gasteiger partial charge in [0.05, 0.1) is 6.26 Å². The molecule has 0 fully saturated rings. The molecule has 2 rings (SSSR count). The molecule has 5 nitrogen and oxygen atoms in total. The predicted molar refractivity (Wildman–Crippen MR) is 79.3 cm³/mol. The van der Waals surface area contributed by atoms with Crippen LogP contribution >= 0.6 is 0 Å². The van der Waals surface area contributed by atoms with E-state index in [0.717, 1.165) is 0 Å².